The van der Waals surface area contributed by atoms with Crippen LogP contribution in [0.4, 0.5) is 5.69 Å². The summed E-state index contributed by atoms with van der Waals surface area (Å²) in [7, 11) is 0. The molecule has 4 rings (SSSR count). The number of benzene rings is 1. The number of aromatic amines is 1. The molecule has 1 amide bonds. The molecule has 0 aliphatic rings. The molecule has 0 saturated carbocycles. The Hall–Kier alpha value is -2.77. The number of fused-ring (bicyclic) bond motifs is 1. The molecule has 0 unspecified atom stereocenters. The number of nitrogens with one attached hydrogen (secondary N) is 2. The molecule has 3 aromatic heterocycles. The molecule has 0 atom stereocenters. The zero-order valence-electron chi connectivity index (χ0n) is 13.8. The number of aromatic nitrogens is 4. The van der Waals surface area contributed by atoms with Crippen LogP contribution < -0.4 is 5.32 Å². The molecule has 0 aliphatic carbocycles. The van der Waals surface area contributed by atoms with Gasteiger partial charge in [0.25, 0.3) is 0 Å². The Bertz CT molecular complexity index is 1100. The van der Waals surface area contributed by atoms with Gasteiger partial charge in [0, 0.05) is 22.0 Å². The second-order valence-corrected chi connectivity index (χ2v) is 7.06. The minimum atomic E-state index is -0.150. The number of hydrogen-bond donors (Lipinski definition) is 2. The number of amides is 1. The molecule has 0 radical (unpaired) electrons. The molecule has 0 aliphatic heterocycles. The summed E-state index contributed by atoms with van der Waals surface area (Å²) >= 11 is 7.67. The lowest BCUT2D eigenvalue weighted by Crippen LogP contribution is -2.14. The van der Waals surface area contributed by atoms with Crippen LogP contribution in [-0.2, 0) is 11.2 Å². The van der Waals surface area contributed by atoms with Crippen LogP contribution >= 0.6 is 22.9 Å². The minimum absolute atomic E-state index is 0.150. The summed E-state index contributed by atoms with van der Waals surface area (Å²) in [6, 6.07) is 9.39. The van der Waals surface area contributed by atoms with E-state index in [1.165, 1.54) is 11.3 Å². The van der Waals surface area contributed by atoms with E-state index in [4.69, 9.17) is 11.6 Å². The first-order chi connectivity index (χ1) is 12.6. The number of halogens is 1. The van der Waals surface area contributed by atoms with Gasteiger partial charge in [0.2, 0.25) is 5.91 Å². The molecule has 0 spiro atoms. The SMILES string of the molecule is Cc1[nH]nc2ncc(NC(=O)Cc3csc(-c4ccccc4Cl)n3)cc12. The van der Waals surface area contributed by atoms with Crippen LogP contribution in [0.3, 0.4) is 0 Å². The van der Waals surface area contributed by atoms with Crippen molar-refractivity contribution in [3.8, 4) is 10.6 Å². The zero-order valence-corrected chi connectivity index (χ0v) is 15.4. The highest BCUT2D eigenvalue weighted by atomic mass is 35.5. The summed E-state index contributed by atoms with van der Waals surface area (Å²) in [6.45, 7) is 1.91. The number of carbonyl (C=O) groups excluding carboxylic acids is 1. The highest BCUT2D eigenvalue weighted by molar-refractivity contribution is 7.13. The fourth-order valence-corrected chi connectivity index (χ4v) is 3.74. The fraction of sp³-hybridized carbons (Fsp3) is 0.111. The molecule has 4 aromatic rings. The van der Waals surface area contributed by atoms with Gasteiger partial charge < -0.3 is 5.32 Å². The topological polar surface area (TPSA) is 83.6 Å². The van der Waals surface area contributed by atoms with Crippen LogP contribution in [0.5, 0.6) is 0 Å². The van der Waals surface area contributed by atoms with Gasteiger partial charge >= 0.3 is 0 Å². The Morgan fingerprint density at radius 3 is 3.04 bits per heavy atom. The maximum atomic E-state index is 12.3. The Morgan fingerprint density at radius 2 is 2.19 bits per heavy atom. The molecule has 130 valence electrons. The lowest BCUT2D eigenvalue weighted by molar-refractivity contribution is -0.115. The van der Waals surface area contributed by atoms with Crippen LogP contribution in [0.25, 0.3) is 21.6 Å². The summed E-state index contributed by atoms with van der Waals surface area (Å²) in [5.41, 5.74) is 3.75. The molecule has 3 heterocycles. The second-order valence-electron chi connectivity index (χ2n) is 5.79. The molecule has 2 N–H and O–H groups in total. The number of nitrogens with zero attached hydrogens (tertiary/aromatic N) is 3. The third kappa shape index (κ3) is 3.31. The molecule has 0 saturated heterocycles. The van der Waals surface area contributed by atoms with Crippen LogP contribution in [0.15, 0.2) is 41.9 Å². The highest BCUT2D eigenvalue weighted by Gasteiger charge is 2.12. The number of aryl methyl sites for hydroxylation is 1. The van der Waals surface area contributed by atoms with Crippen LogP contribution in [0.2, 0.25) is 5.02 Å². The third-order valence-corrected chi connectivity index (χ3v) is 5.14. The molecular weight excluding hydrogens is 370 g/mol. The van der Waals surface area contributed by atoms with Crippen LogP contribution in [0, 0.1) is 6.92 Å². The van der Waals surface area contributed by atoms with Gasteiger partial charge in [0.05, 0.1) is 29.0 Å². The quantitative estimate of drug-likeness (QED) is 0.552. The standard InChI is InChI=1S/C18H14ClN5OS/c1-10-14-6-11(8-20-17(14)24-23-10)21-16(25)7-12-9-26-18(22-12)13-4-2-3-5-15(13)19/h2-6,8-9H,7H2,1H3,(H,21,25)(H,20,23,24). The van der Waals surface area contributed by atoms with Gasteiger partial charge in [-0.3, -0.25) is 9.89 Å². The average Bonchev–Trinajstić information content (AvgIpc) is 3.22. The van der Waals surface area contributed by atoms with Crippen LogP contribution in [-0.4, -0.2) is 26.1 Å². The fourth-order valence-electron chi connectivity index (χ4n) is 2.60. The van der Waals surface area contributed by atoms with Crippen molar-refractivity contribution in [2.75, 3.05) is 5.32 Å². The van der Waals surface area contributed by atoms with Gasteiger partial charge in [-0.05, 0) is 19.1 Å². The molecule has 1 aromatic carbocycles. The van der Waals surface area contributed by atoms with Crippen molar-refractivity contribution >= 4 is 45.6 Å². The summed E-state index contributed by atoms with van der Waals surface area (Å²) in [5, 5.41) is 14.0. The highest BCUT2D eigenvalue weighted by Crippen LogP contribution is 2.30. The van der Waals surface area contributed by atoms with E-state index in [2.05, 4.69) is 25.5 Å². The van der Waals surface area contributed by atoms with E-state index in [-0.39, 0.29) is 12.3 Å². The molecule has 0 fully saturated rings. The predicted molar refractivity (Wildman–Crippen MR) is 104 cm³/mol. The Kier molecular flexibility index (Phi) is 4.40. The van der Waals surface area contributed by atoms with Gasteiger partial charge in [0.15, 0.2) is 5.65 Å². The maximum Gasteiger partial charge on any atom is 0.230 e. The first-order valence-corrected chi connectivity index (χ1v) is 9.16. The largest absolute Gasteiger partial charge is 0.324 e. The first-order valence-electron chi connectivity index (χ1n) is 7.90. The summed E-state index contributed by atoms with van der Waals surface area (Å²) in [6.07, 6.45) is 1.78. The van der Waals surface area contributed by atoms with E-state index in [1.54, 1.807) is 6.20 Å². The van der Waals surface area contributed by atoms with Crippen molar-refractivity contribution in [3.63, 3.8) is 0 Å². The summed E-state index contributed by atoms with van der Waals surface area (Å²) < 4.78 is 0. The minimum Gasteiger partial charge on any atom is -0.324 e. The van der Waals surface area contributed by atoms with Crippen molar-refractivity contribution in [1.29, 1.82) is 0 Å². The van der Waals surface area contributed by atoms with E-state index in [0.29, 0.717) is 22.1 Å². The maximum absolute atomic E-state index is 12.3. The zero-order chi connectivity index (χ0) is 18.1. The molecule has 6 nitrogen and oxygen atoms in total. The van der Waals surface area contributed by atoms with E-state index >= 15 is 0 Å². The second kappa shape index (κ2) is 6.86. The normalized spacial score (nSPS) is 11.0. The van der Waals surface area contributed by atoms with Crippen molar-refractivity contribution in [2.45, 2.75) is 13.3 Å². The van der Waals surface area contributed by atoms with Gasteiger partial charge in [-0.15, -0.1) is 11.3 Å². The van der Waals surface area contributed by atoms with E-state index in [9.17, 15) is 4.79 Å². The van der Waals surface area contributed by atoms with Crippen molar-refractivity contribution in [1.82, 2.24) is 20.2 Å². The predicted octanol–water partition coefficient (Wildman–Crippen LogP) is 4.22. The average molecular weight is 384 g/mol. The lowest BCUT2D eigenvalue weighted by atomic mass is 10.2. The van der Waals surface area contributed by atoms with E-state index in [1.807, 2.05) is 42.6 Å². The molecule has 8 heteroatoms. The number of carbonyl (C=O) groups is 1. The first kappa shape index (κ1) is 16.7. The third-order valence-electron chi connectivity index (χ3n) is 3.88. The Labute approximate surface area is 158 Å². The van der Waals surface area contributed by atoms with Crippen molar-refractivity contribution in [3.05, 3.63) is 58.3 Å². The van der Waals surface area contributed by atoms with Gasteiger partial charge in [0.1, 0.15) is 5.01 Å². The summed E-state index contributed by atoms with van der Waals surface area (Å²) in [5.74, 6) is -0.150. The Morgan fingerprint density at radius 1 is 1.35 bits per heavy atom. The van der Waals surface area contributed by atoms with E-state index < -0.39 is 0 Å². The number of rotatable bonds is 4. The van der Waals surface area contributed by atoms with Gasteiger partial charge in [-0.1, -0.05) is 29.8 Å². The molecule has 0 bridgehead atoms. The number of H-pyrrole nitrogens is 1. The Balaban J connectivity index is 1.48. The number of thiazole rings is 1. The van der Waals surface area contributed by atoms with Gasteiger partial charge in [-0.25, -0.2) is 9.97 Å². The van der Waals surface area contributed by atoms with Crippen LogP contribution in [0.1, 0.15) is 11.4 Å². The monoisotopic (exact) mass is 383 g/mol. The number of hydrogen-bond acceptors (Lipinski definition) is 5. The van der Waals surface area contributed by atoms with Crippen molar-refractivity contribution in [2.24, 2.45) is 0 Å². The summed E-state index contributed by atoms with van der Waals surface area (Å²) in [4.78, 5) is 21.1. The smallest absolute Gasteiger partial charge is 0.230 e. The van der Waals surface area contributed by atoms with Gasteiger partial charge in [-0.2, -0.15) is 5.10 Å². The van der Waals surface area contributed by atoms with Crippen molar-refractivity contribution < 1.29 is 4.79 Å². The lowest BCUT2D eigenvalue weighted by Gasteiger charge is -2.04. The molecule has 26 heavy (non-hydrogen) atoms. The number of pyridine rings is 1. The number of anilines is 1. The molecular formula is C18H14ClN5OS. The van der Waals surface area contributed by atoms with E-state index in [0.717, 1.165) is 21.7 Å².